The minimum Gasteiger partial charge on any atom is -0.374 e. The van der Waals surface area contributed by atoms with Crippen molar-refractivity contribution in [1.29, 1.82) is 0 Å². The van der Waals surface area contributed by atoms with Crippen LogP contribution in [0.4, 0.5) is 0 Å². The molecule has 1 fully saturated rings. The highest BCUT2D eigenvalue weighted by molar-refractivity contribution is 5.76. The Labute approximate surface area is 117 Å². The molecule has 1 heterocycles. The number of nitrogens with one attached hydrogen (secondary N) is 2. The van der Waals surface area contributed by atoms with E-state index in [1.165, 1.54) is 0 Å². The van der Waals surface area contributed by atoms with Gasteiger partial charge in [-0.1, -0.05) is 0 Å². The van der Waals surface area contributed by atoms with Gasteiger partial charge in [0.25, 0.3) is 0 Å². The molecule has 0 aromatic carbocycles. The quantitative estimate of drug-likeness (QED) is 0.666. The van der Waals surface area contributed by atoms with Crippen molar-refractivity contribution in [2.24, 2.45) is 0 Å². The first-order valence-corrected chi connectivity index (χ1v) is 7.34. The Morgan fingerprint density at radius 3 is 2.74 bits per heavy atom. The zero-order valence-electron chi connectivity index (χ0n) is 12.7. The van der Waals surface area contributed by atoms with E-state index in [2.05, 4.69) is 29.4 Å². The Kier molecular flexibility index (Phi) is 7.34. The summed E-state index contributed by atoms with van der Waals surface area (Å²) >= 11 is 0. The highest BCUT2D eigenvalue weighted by atomic mass is 16.5. The summed E-state index contributed by atoms with van der Waals surface area (Å²) in [4.78, 5) is 13.9. The van der Waals surface area contributed by atoms with Gasteiger partial charge >= 0.3 is 0 Å². The Morgan fingerprint density at radius 1 is 1.37 bits per heavy atom. The molecule has 112 valence electrons. The summed E-state index contributed by atoms with van der Waals surface area (Å²) in [6, 6.07) is 0.789. The molecule has 0 aromatic rings. The van der Waals surface area contributed by atoms with Crippen molar-refractivity contribution in [2.45, 2.75) is 52.3 Å². The molecular formula is C14H29N3O2. The number of hydrogen-bond donors (Lipinski definition) is 2. The van der Waals surface area contributed by atoms with Crippen LogP contribution in [0.2, 0.25) is 0 Å². The normalized spacial score (nSPS) is 21.1. The molecule has 5 nitrogen and oxygen atoms in total. The van der Waals surface area contributed by atoms with E-state index in [9.17, 15) is 4.79 Å². The Hall–Kier alpha value is -0.650. The molecule has 1 unspecified atom stereocenters. The van der Waals surface area contributed by atoms with Crippen LogP contribution in [0.3, 0.4) is 0 Å². The fourth-order valence-corrected chi connectivity index (χ4v) is 2.19. The Morgan fingerprint density at radius 2 is 2.11 bits per heavy atom. The van der Waals surface area contributed by atoms with Crippen LogP contribution in [0.25, 0.3) is 0 Å². The first-order valence-electron chi connectivity index (χ1n) is 7.34. The summed E-state index contributed by atoms with van der Waals surface area (Å²) in [5.74, 6) is 0.107. The number of carbonyl (C=O) groups excluding carboxylic acids is 1. The molecule has 1 rings (SSSR count). The van der Waals surface area contributed by atoms with E-state index in [0.717, 1.165) is 26.2 Å². The molecule has 19 heavy (non-hydrogen) atoms. The second kappa shape index (κ2) is 8.51. The van der Waals surface area contributed by atoms with Crippen molar-refractivity contribution in [3.05, 3.63) is 0 Å². The Balaban J connectivity index is 2.10. The standard InChI is InChI=1S/C14H29N3O2/c1-11(2)16-14(18)5-6-15-9-13-10-17(12(3)4)7-8-19-13/h11-13,15H,5-10H2,1-4H3,(H,16,18). The molecule has 1 aliphatic heterocycles. The largest absolute Gasteiger partial charge is 0.374 e. The van der Waals surface area contributed by atoms with Crippen molar-refractivity contribution in [2.75, 3.05) is 32.8 Å². The van der Waals surface area contributed by atoms with Gasteiger partial charge in [-0.25, -0.2) is 0 Å². The first-order chi connectivity index (χ1) is 8.99. The lowest BCUT2D eigenvalue weighted by Gasteiger charge is -2.35. The molecule has 0 saturated carbocycles. The van der Waals surface area contributed by atoms with Gasteiger partial charge in [0.15, 0.2) is 0 Å². The van der Waals surface area contributed by atoms with Crippen molar-refractivity contribution >= 4 is 5.91 Å². The second-order valence-electron chi connectivity index (χ2n) is 5.76. The van der Waals surface area contributed by atoms with Gasteiger partial charge in [-0.05, 0) is 27.7 Å². The van der Waals surface area contributed by atoms with Crippen LogP contribution in [0, 0.1) is 0 Å². The molecule has 1 atom stereocenters. The molecule has 0 spiro atoms. The van der Waals surface area contributed by atoms with Crippen LogP contribution >= 0.6 is 0 Å². The summed E-state index contributed by atoms with van der Waals surface area (Å²) < 4.78 is 5.73. The molecule has 0 bridgehead atoms. The molecule has 0 radical (unpaired) electrons. The van der Waals surface area contributed by atoms with Gasteiger partial charge < -0.3 is 15.4 Å². The van der Waals surface area contributed by atoms with Gasteiger partial charge in [0.1, 0.15) is 0 Å². The third-order valence-electron chi connectivity index (χ3n) is 3.25. The number of nitrogens with zero attached hydrogens (tertiary/aromatic N) is 1. The highest BCUT2D eigenvalue weighted by Crippen LogP contribution is 2.07. The van der Waals surface area contributed by atoms with Gasteiger partial charge in [0.05, 0.1) is 12.7 Å². The molecule has 1 saturated heterocycles. The van der Waals surface area contributed by atoms with Crippen LogP contribution in [0.1, 0.15) is 34.1 Å². The lowest BCUT2D eigenvalue weighted by Crippen LogP contribution is -2.49. The van der Waals surface area contributed by atoms with Crippen LogP contribution in [-0.4, -0.2) is 61.8 Å². The van der Waals surface area contributed by atoms with Crippen molar-refractivity contribution in [1.82, 2.24) is 15.5 Å². The van der Waals surface area contributed by atoms with Gasteiger partial charge in [0.2, 0.25) is 5.91 Å². The molecule has 0 aromatic heterocycles. The van der Waals surface area contributed by atoms with Gasteiger partial charge in [-0.3, -0.25) is 9.69 Å². The van der Waals surface area contributed by atoms with Crippen LogP contribution in [0.15, 0.2) is 0 Å². The second-order valence-corrected chi connectivity index (χ2v) is 5.76. The van der Waals surface area contributed by atoms with Gasteiger partial charge in [-0.15, -0.1) is 0 Å². The van der Waals surface area contributed by atoms with Gasteiger partial charge in [-0.2, -0.15) is 0 Å². The lowest BCUT2D eigenvalue weighted by molar-refractivity contribution is -0.121. The van der Waals surface area contributed by atoms with Crippen LogP contribution < -0.4 is 10.6 Å². The van der Waals surface area contributed by atoms with E-state index in [4.69, 9.17) is 4.74 Å². The van der Waals surface area contributed by atoms with E-state index in [1.54, 1.807) is 0 Å². The summed E-state index contributed by atoms with van der Waals surface area (Å²) in [7, 11) is 0. The third kappa shape index (κ3) is 6.89. The maximum atomic E-state index is 11.5. The molecule has 5 heteroatoms. The molecule has 1 amide bonds. The maximum Gasteiger partial charge on any atom is 0.221 e. The number of morpholine rings is 1. The summed E-state index contributed by atoms with van der Waals surface area (Å²) in [5.41, 5.74) is 0. The third-order valence-corrected chi connectivity index (χ3v) is 3.25. The zero-order chi connectivity index (χ0) is 14.3. The van der Waals surface area contributed by atoms with E-state index in [1.807, 2.05) is 13.8 Å². The number of hydrogen-bond acceptors (Lipinski definition) is 4. The molecule has 2 N–H and O–H groups in total. The molecule has 1 aliphatic rings. The minimum atomic E-state index is 0.107. The van der Waals surface area contributed by atoms with Crippen LogP contribution in [0.5, 0.6) is 0 Å². The SMILES string of the molecule is CC(C)NC(=O)CCNCC1CN(C(C)C)CCO1. The fraction of sp³-hybridized carbons (Fsp3) is 0.929. The van der Waals surface area contributed by atoms with E-state index in [-0.39, 0.29) is 18.1 Å². The van der Waals surface area contributed by atoms with Crippen molar-refractivity contribution in [3.63, 3.8) is 0 Å². The highest BCUT2D eigenvalue weighted by Gasteiger charge is 2.21. The Bertz CT molecular complexity index is 269. The van der Waals surface area contributed by atoms with Crippen molar-refractivity contribution in [3.8, 4) is 0 Å². The minimum absolute atomic E-state index is 0.107. The summed E-state index contributed by atoms with van der Waals surface area (Å²) in [5, 5.41) is 6.19. The predicted molar refractivity (Wildman–Crippen MR) is 77.2 cm³/mol. The zero-order valence-corrected chi connectivity index (χ0v) is 12.7. The van der Waals surface area contributed by atoms with E-state index >= 15 is 0 Å². The first kappa shape index (κ1) is 16.4. The molecular weight excluding hydrogens is 242 g/mol. The number of ether oxygens (including phenoxy) is 1. The summed E-state index contributed by atoms with van der Waals surface area (Å²) in [6.45, 7) is 12.7. The number of carbonyl (C=O) groups is 1. The average molecular weight is 271 g/mol. The number of rotatable bonds is 7. The maximum absolute atomic E-state index is 11.5. The average Bonchev–Trinajstić information content (AvgIpc) is 2.34. The lowest BCUT2D eigenvalue weighted by atomic mass is 10.2. The number of amides is 1. The monoisotopic (exact) mass is 271 g/mol. The van der Waals surface area contributed by atoms with E-state index < -0.39 is 0 Å². The topological polar surface area (TPSA) is 53.6 Å². The fourth-order valence-electron chi connectivity index (χ4n) is 2.19. The predicted octanol–water partition coefficient (Wildman–Crippen LogP) is 0.600. The van der Waals surface area contributed by atoms with Gasteiger partial charge in [0, 0.05) is 44.7 Å². The van der Waals surface area contributed by atoms with Crippen LogP contribution in [-0.2, 0) is 9.53 Å². The summed E-state index contributed by atoms with van der Waals surface area (Å²) in [6.07, 6.45) is 0.767. The van der Waals surface area contributed by atoms with E-state index in [0.29, 0.717) is 19.0 Å². The van der Waals surface area contributed by atoms with Crippen molar-refractivity contribution < 1.29 is 9.53 Å². The smallest absolute Gasteiger partial charge is 0.221 e. The molecule has 0 aliphatic carbocycles.